The predicted octanol–water partition coefficient (Wildman–Crippen LogP) is 2.13. The molecular formula is C16H26N2O2. The highest BCUT2D eigenvalue weighted by Gasteiger charge is 2.35. The van der Waals surface area contributed by atoms with Gasteiger partial charge in [0, 0.05) is 19.7 Å². The molecule has 1 rings (SSSR count). The highest BCUT2D eigenvalue weighted by Crippen LogP contribution is 2.22. The Morgan fingerprint density at radius 1 is 1.40 bits per heavy atom. The molecule has 0 saturated heterocycles. The lowest BCUT2D eigenvalue weighted by molar-refractivity contribution is -0.139. The highest BCUT2D eigenvalue weighted by molar-refractivity contribution is 5.87. The van der Waals surface area contributed by atoms with Crippen molar-refractivity contribution < 1.29 is 9.53 Å². The van der Waals surface area contributed by atoms with Crippen LogP contribution in [0.1, 0.15) is 32.8 Å². The van der Waals surface area contributed by atoms with Gasteiger partial charge in [-0.15, -0.1) is 0 Å². The summed E-state index contributed by atoms with van der Waals surface area (Å²) in [5.74, 6) is -0.0601. The number of amides is 1. The third-order valence-corrected chi connectivity index (χ3v) is 3.74. The van der Waals surface area contributed by atoms with E-state index in [9.17, 15) is 4.79 Å². The third kappa shape index (κ3) is 3.81. The number of nitrogens with two attached hydrogens (primary N) is 1. The first-order valence-electron chi connectivity index (χ1n) is 7.09. The van der Waals surface area contributed by atoms with Crippen LogP contribution in [0.25, 0.3) is 0 Å². The number of ether oxygens (including phenoxy) is 1. The van der Waals surface area contributed by atoms with Crippen LogP contribution in [0.5, 0.6) is 0 Å². The van der Waals surface area contributed by atoms with E-state index in [1.54, 1.807) is 14.0 Å². The van der Waals surface area contributed by atoms with Crippen LogP contribution in [0.3, 0.4) is 0 Å². The highest BCUT2D eigenvalue weighted by atomic mass is 16.5. The van der Waals surface area contributed by atoms with Gasteiger partial charge in [0.05, 0.1) is 6.61 Å². The van der Waals surface area contributed by atoms with Crippen LogP contribution in [-0.4, -0.2) is 37.1 Å². The van der Waals surface area contributed by atoms with E-state index in [1.807, 2.05) is 42.2 Å². The van der Waals surface area contributed by atoms with Gasteiger partial charge in [0.2, 0.25) is 5.91 Å². The Bertz CT molecular complexity index is 418. The van der Waals surface area contributed by atoms with Crippen LogP contribution in [0, 0.1) is 0 Å². The van der Waals surface area contributed by atoms with Gasteiger partial charge in [0.25, 0.3) is 0 Å². The number of methoxy groups -OCH3 is 1. The van der Waals surface area contributed by atoms with E-state index in [0.717, 1.165) is 12.0 Å². The SMILES string of the molecule is CCC(C)N(CCOC)C(=O)C(C)(N)c1ccccc1. The van der Waals surface area contributed by atoms with Crippen LogP contribution in [0.2, 0.25) is 0 Å². The van der Waals surface area contributed by atoms with Crippen molar-refractivity contribution in [2.75, 3.05) is 20.3 Å². The standard InChI is InChI=1S/C16H26N2O2/c1-5-13(2)18(11-12-20-4)15(19)16(3,17)14-9-7-6-8-10-14/h6-10,13H,5,11-12,17H2,1-4H3. The maximum atomic E-state index is 12.8. The smallest absolute Gasteiger partial charge is 0.247 e. The molecule has 1 aromatic carbocycles. The Hall–Kier alpha value is -1.39. The van der Waals surface area contributed by atoms with Gasteiger partial charge in [-0.25, -0.2) is 0 Å². The predicted molar refractivity (Wildman–Crippen MR) is 81.3 cm³/mol. The van der Waals surface area contributed by atoms with Crippen molar-refractivity contribution in [1.29, 1.82) is 0 Å². The summed E-state index contributed by atoms with van der Waals surface area (Å²) in [7, 11) is 1.64. The van der Waals surface area contributed by atoms with E-state index in [1.165, 1.54) is 0 Å². The van der Waals surface area contributed by atoms with Gasteiger partial charge in [0.1, 0.15) is 5.54 Å². The lowest BCUT2D eigenvalue weighted by Gasteiger charge is -2.35. The molecule has 0 spiro atoms. The van der Waals surface area contributed by atoms with E-state index in [-0.39, 0.29) is 11.9 Å². The van der Waals surface area contributed by atoms with Crippen LogP contribution in [0.15, 0.2) is 30.3 Å². The lowest BCUT2D eigenvalue weighted by Crippen LogP contribution is -2.54. The molecule has 0 bridgehead atoms. The van der Waals surface area contributed by atoms with Crippen LogP contribution >= 0.6 is 0 Å². The number of benzene rings is 1. The van der Waals surface area contributed by atoms with Crippen molar-refractivity contribution in [1.82, 2.24) is 4.90 Å². The molecule has 0 radical (unpaired) electrons. The minimum absolute atomic E-state index is 0.0601. The zero-order chi connectivity index (χ0) is 15.2. The first kappa shape index (κ1) is 16.7. The molecule has 2 atom stereocenters. The average molecular weight is 278 g/mol. The maximum absolute atomic E-state index is 12.8. The van der Waals surface area contributed by atoms with E-state index in [2.05, 4.69) is 6.92 Å². The molecule has 112 valence electrons. The number of hydrogen-bond donors (Lipinski definition) is 1. The number of carbonyl (C=O) groups is 1. The first-order chi connectivity index (χ1) is 9.45. The Labute approximate surface area is 121 Å². The average Bonchev–Trinajstić information content (AvgIpc) is 2.47. The summed E-state index contributed by atoms with van der Waals surface area (Å²) in [6, 6.07) is 9.64. The summed E-state index contributed by atoms with van der Waals surface area (Å²) in [5, 5.41) is 0. The molecule has 4 nitrogen and oxygen atoms in total. The van der Waals surface area contributed by atoms with E-state index in [0.29, 0.717) is 13.2 Å². The van der Waals surface area contributed by atoms with Gasteiger partial charge in [-0.2, -0.15) is 0 Å². The quantitative estimate of drug-likeness (QED) is 0.831. The van der Waals surface area contributed by atoms with Crippen LogP contribution in [0.4, 0.5) is 0 Å². The summed E-state index contributed by atoms with van der Waals surface area (Å²) in [5.41, 5.74) is 6.13. The molecule has 0 aliphatic rings. The molecular weight excluding hydrogens is 252 g/mol. The molecule has 4 heteroatoms. The minimum atomic E-state index is -1.02. The van der Waals surface area contributed by atoms with Crippen molar-refractivity contribution in [3.05, 3.63) is 35.9 Å². The molecule has 2 unspecified atom stereocenters. The molecule has 0 saturated carbocycles. The molecule has 0 heterocycles. The fraction of sp³-hybridized carbons (Fsp3) is 0.562. The molecule has 20 heavy (non-hydrogen) atoms. The fourth-order valence-electron chi connectivity index (χ4n) is 2.14. The molecule has 0 aliphatic carbocycles. The topological polar surface area (TPSA) is 55.6 Å². The number of nitrogens with zero attached hydrogens (tertiary/aromatic N) is 1. The van der Waals surface area contributed by atoms with Gasteiger partial charge in [-0.1, -0.05) is 37.3 Å². The van der Waals surface area contributed by atoms with E-state index in [4.69, 9.17) is 10.5 Å². The first-order valence-corrected chi connectivity index (χ1v) is 7.09. The Morgan fingerprint density at radius 2 is 2.00 bits per heavy atom. The van der Waals surface area contributed by atoms with Crippen molar-refractivity contribution in [2.45, 2.75) is 38.8 Å². The minimum Gasteiger partial charge on any atom is -0.383 e. The lowest BCUT2D eigenvalue weighted by atomic mass is 9.91. The van der Waals surface area contributed by atoms with Crippen molar-refractivity contribution in [3.8, 4) is 0 Å². The maximum Gasteiger partial charge on any atom is 0.247 e. The molecule has 0 fully saturated rings. The van der Waals surface area contributed by atoms with Gasteiger partial charge in [-0.3, -0.25) is 4.79 Å². The Balaban J connectivity index is 2.98. The summed E-state index contributed by atoms with van der Waals surface area (Å²) in [6.45, 7) is 6.94. The molecule has 1 amide bonds. The Kier molecular flexibility index (Phi) is 6.17. The van der Waals surface area contributed by atoms with Crippen LogP contribution < -0.4 is 5.73 Å². The van der Waals surface area contributed by atoms with E-state index >= 15 is 0 Å². The Morgan fingerprint density at radius 3 is 2.50 bits per heavy atom. The van der Waals surface area contributed by atoms with E-state index < -0.39 is 5.54 Å². The van der Waals surface area contributed by atoms with Crippen molar-refractivity contribution >= 4 is 5.91 Å². The molecule has 0 aromatic heterocycles. The second-order valence-corrected chi connectivity index (χ2v) is 5.32. The van der Waals surface area contributed by atoms with Gasteiger partial charge in [-0.05, 0) is 25.8 Å². The van der Waals surface area contributed by atoms with Gasteiger partial charge >= 0.3 is 0 Å². The van der Waals surface area contributed by atoms with Gasteiger partial charge < -0.3 is 15.4 Å². The number of carbonyl (C=O) groups excluding carboxylic acids is 1. The normalized spacial score (nSPS) is 15.4. The molecule has 2 N–H and O–H groups in total. The second kappa shape index (κ2) is 7.41. The zero-order valence-corrected chi connectivity index (χ0v) is 12.9. The summed E-state index contributed by atoms with van der Waals surface area (Å²) >= 11 is 0. The molecule has 1 aromatic rings. The number of hydrogen-bond acceptors (Lipinski definition) is 3. The zero-order valence-electron chi connectivity index (χ0n) is 12.9. The molecule has 0 aliphatic heterocycles. The van der Waals surface area contributed by atoms with Crippen molar-refractivity contribution in [3.63, 3.8) is 0 Å². The largest absolute Gasteiger partial charge is 0.383 e. The van der Waals surface area contributed by atoms with Gasteiger partial charge in [0.15, 0.2) is 0 Å². The fourth-order valence-corrected chi connectivity index (χ4v) is 2.14. The summed E-state index contributed by atoms with van der Waals surface area (Å²) < 4.78 is 5.10. The summed E-state index contributed by atoms with van der Waals surface area (Å²) in [6.07, 6.45) is 0.889. The number of rotatable bonds is 7. The van der Waals surface area contributed by atoms with Crippen molar-refractivity contribution in [2.24, 2.45) is 5.73 Å². The summed E-state index contributed by atoms with van der Waals surface area (Å²) in [4.78, 5) is 14.6. The monoisotopic (exact) mass is 278 g/mol. The van der Waals surface area contributed by atoms with Crippen LogP contribution in [-0.2, 0) is 15.1 Å². The third-order valence-electron chi connectivity index (χ3n) is 3.74. The second-order valence-electron chi connectivity index (χ2n) is 5.32.